The Kier molecular flexibility index (Phi) is 4.30. The number of terminal acetylenes is 1. The zero-order valence-corrected chi connectivity index (χ0v) is 10.8. The van der Waals surface area contributed by atoms with Gasteiger partial charge in [-0.15, -0.1) is 12.3 Å². The normalized spacial score (nSPS) is 13.7. The van der Waals surface area contributed by atoms with E-state index in [0.29, 0.717) is 29.9 Å². The first kappa shape index (κ1) is 13.3. The predicted molar refractivity (Wildman–Crippen MR) is 70.1 cm³/mol. The Balaban J connectivity index is 2.01. The van der Waals surface area contributed by atoms with E-state index in [0.717, 1.165) is 6.42 Å². The molecule has 0 radical (unpaired) electrons. The van der Waals surface area contributed by atoms with Crippen LogP contribution in [-0.2, 0) is 4.74 Å². The van der Waals surface area contributed by atoms with Gasteiger partial charge in [0.15, 0.2) is 11.5 Å². The van der Waals surface area contributed by atoms with E-state index in [9.17, 15) is 4.79 Å². The van der Waals surface area contributed by atoms with Gasteiger partial charge in [-0.05, 0) is 31.0 Å². The zero-order chi connectivity index (χ0) is 13.7. The smallest absolute Gasteiger partial charge is 0.338 e. The van der Waals surface area contributed by atoms with Crippen LogP contribution in [0.5, 0.6) is 11.5 Å². The van der Waals surface area contributed by atoms with Gasteiger partial charge in [0.1, 0.15) is 6.10 Å². The molecule has 0 saturated carbocycles. The van der Waals surface area contributed by atoms with Gasteiger partial charge in [0, 0.05) is 6.42 Å². The molecule has 1 aromatic rings. The van der Waals surface area contributed by atoms with Crippen molar-refractivity contribution in [2.45, 2.75) is 32.3 Å². The molecule has 4 heteroatoms. The molecule has 0 amide bonds. The second-order valence-electron chi connectivity index (χ2n) is 4.25. The van der Waals surface area contributed by atoms with Crippen molar-refractivity contribution in [3.63, 3.8) is 0 Å². The molecular formula is C15H16O4. The van der Waals surface area contributed by atoms with E-state index in [1.165, 1.54) is 0 Å². The quantitative estimate of drug-likeness (QED) is 0.603. The highest BCUT2D eigenvalue weighted by Crippen LogP contribution is 2.32. The molecule has 0 N–H and O–H groups in total. The predicted octanol–water partition coefficient (Wildman–Crippen LogP) is 2.76. The summed E-state index contributed by atoms with van der Waals surface area (Å²) in [6.45, 7) is 2.15. The van der Waals surface area contributed by atoms with Gasteiger partial charge >= 0.3 is 5.97 Å². The van der Waals surface area contributed by atoms with Gasteiger partial charge in [-0.3, -0.25) is 0 Å². The van der Waals surface area contributed by atoms with E-state index in [1.807, 2.05) is 6.92 Å². The van der Waals surface area contributed by atoms with Crippen LogP contribution in [-0.4, -0.2) is 18.9 Å². The van der Waals surface area contributed by atoms with E-state index >= 15 is 0 Å². The highest BCUT2D eigenvalue weighted by atomic mass is 16.7. The number of hydrogen-bond acceptors (Lipinski definition) is 4. The van der Waals surface area contributed by atoms with Crippen LogP contribution in [0.15, 0.2) is 18.2 Å². The fourth-order valence-electron chi connectivity index (χ4n) is 1.83. The molecule has 0 spiro atoms. The lowest BCUT2D eigenvalue weighted by Gasteiger charge is -2.15. The minimum Gasteiger partial charge on any atom is -0.459 e. The van der Waals surface area contributed by atoms with Gasteiger partial charge in [-0.25, -0.2) is 4.79 Å². The Morgan fingerprint density at radius 3 is 3.00 bits per heavy atom. The first-order chi connectivity index (χ1) is 9.24. The number of rotatable bonds is 5. The summed E-state index contributed by atoms with van der Waals surface area (Å²) in [5.74, 6) is 3.42. The number of carbonyl (C=O) groups is 1. The van der Waals surface area contributed by atoms with Gasteiger partial charge in [-0.1, -0.05) is 6.92 Å². The number of fused-ring (bicyclic) bond motifs is 1. The highest BCUT2D eigenvalue weighted by Gasteiger charge is 2.19. The van der Waals surface area contributed by atoms with Crippen molar-refractivity contribution in [1.82, 2.24) is 0 Å². The summed E-state index contributed by atoms with van der Waals surface area (Å²) < 4.78 is 15.8. The van der Waals surface area contributed by atoms with E-state index in [2.05, 4.69) is 5.92 Å². The molecule has 100 valence electrons. The summed E-state index contributed by atoms with van der Waals surface area (Å²) in [5, 5.41) is 0. The van der Waals surface area contributed by atoms with Gasteiger partial charge in [0.05, 0.1) is 5.56 Å². The van der Waals surface area contributed by atoms with Crippen molar-refractivity contribution in [3.8, 4) is 23.8 Å². The lowest BCUT2D eigenvalue weighted by atomic mass is 10.1. The molecule has 0 unspecified atom stereocenters. The molecule has 1 heterocycles. The third kappa shape index (κ3) is 3.19. The van der Waals surface area contributed by atoms with Crippen LogP contribution < -0.4 is 9.47 Å². The Morgan fingerprint density at radius 2 is 2.26 bits per heavy atom. The highest BCUT2D eigenvalue weighted by molar-refractivity contribution is 5.90. The minimum absolute atomic E-state index is 0.144. The minimum atomic E-state index is -0.359. The monoisotopic (exact) mass is 260 g/mol. The van der Waals surface area contributed by atoms with Gasteiger partial charge < -0.3 is 14.2 Å². The summed E-state index contributed by atoms with van der Waals surface area (Å²) >= 11 is 0. The maximum Gasteiger partial charge on any atom is 0.338 e. The van der Waals surface area contributed by atoms with Crippen LogP contribution in [0.2, 0.25) is 0 Å². The molecule has 1 aliphatic heterocycles. The van der Waals surface area contributed by atoms with Crippen LogP contribution in [0.4, 0.5) is 0 Å². The maximum atomic E-state index is 12.0. The van der Waals surface area contributed by atoms with E-state index in [1.54, 1.807) is 18.2 Å². The molecule has 0 fully saturated rings. The Hall–Kier alpha value is -2.15. The fraction of sp³-hybridized carbons (Fsp3) is 0.400. The molecule has 0 bridgehead atoms. The summed E-state index contributed by atoms with van der Waals surface area (Å²) in [7, 11) is 0. The number of carbonyl (C=O) groups excluding carboxylic acids is 1. The SMILES string of the molecule is C#CCC[C@@H](CC)OC(=O)c1ccc2c(c1)OCO2. The van der Waals surface area contributed by atoms with Crippen LogP contribution >= 0.6 is 0 Å². The van der Waals surface area contributed by atoms with Crippen molar-refractivity contribution < 1.29 is 19.0 Å². The summed E-state index contributed by atoms with van der Waals surface area (Å²) in [5.41, 5.74) is 0.461. The second kappa shape index (κ2) is 6.14. The lowest BCUT2D eigenvalue weighted by Crippen LogP contribution is -2.17. The Morgan fingerprint density at radius 1 is 1.47 bits per heavy atom. The Labute approximate surface area is 112 Å². The number of ether oxygens (including phenoxy) is 3. The van der Waals surface area contributed by atoms with E-state index < -0.39 is 0 Å². The largest absolute Gasteiger partial charge is 0.459 e. The summed E-state index contributed by atoms with van der Waals surface area (Å²) in [4.78, 5) is 12.0. The first-order valence-corrected chi connectivity index (χ1v) is 6.28. The molecule has 1 atom stereocenters. The number of hydrogen-bond donors (Lipinski definition) is 0. The third-order valence-corrected chi connectivity index (χ3v) is 2.95. The fourth-order valence-corrected chi connectivity index (χ4v) is 1.83. The molecule has 2 rings (SSSR count). The van der Waals surface area contributed by atoms with Crippen molar-refractivity contribution in [2.75, 3.05) is 6.79 Å². The van der Waals surface area contributed by atoms with Crippen molar-refractivity contribution in [2.24, 2.45) is 0 Å². The molecule has 0 aliphatic carbocycles. The number of benzene rings is 1. The zero-order valence-electron chi connectivity index (χ0n) is 10.8. The lowest BCUT2D eigenvalue weighted by molar-refractivity contribution is 0.0276. The number of esters is 1. The van der Waals surface area contributed by atoms with Crippen LogP contribution in [0.25, 0.3) is 0 Å². The standard InChI is InChI=1S/C15H16O4/c1-3-5-6-12(4-2)19-15(16)11-7-8-13-14(9-11)18-10-17-13/h1,7-9,12H,4-6,10H2,2H3/t12-/m1/s1. The topological polar surface area (TPSA) is 44.8 Å². The van der Waals surface area contributed by atoms with Gasteiger partial charge in [0.25, 0.3) is 0 Å². The van der Waals surface area contributed by atoms with Crippen molar-refractivity contribution >= 4 is 5.97 Å². The third-order valence-electron chi connectivity index (χ3n) is 2.95. The Bertz CT molecular complexity index is 501. The first-order valence-electron chi connectivity index (χ1n) is 6.28. The van der Waals surface area contributed by atoms with Gasteiger partial charge in [-0.2, -0.15) is 0 Å². The van der Waals surface area contributed by atoms with Crippen LogP contribution in [0, 0.1) is 12.3 Å². The van der Waals surface area contributed by atoms with Crippen molar-refractivity contribution in [1.29, 1.82) is 0 Å². The van der Waals surface area contributed by atoms with Crippen LogP contribution in [0.1, 0.15) is 36.5 Å². The molecule has 0 saturated heterocycles. The average molecular weight is 260 g/mol. The molecule has 4 nitrogen and oxygen atoms in total. The summed E-state index contributed by atoms with van der Waals surface area (Å²) in [6.07, 6.45) is 7.11. The molecule has 0 aromatic heterocycles. The van der Waals surface area contributed by atoms with Crippen molar-refractivity contribution in [3.05, 3.63) is 23.8 Å². The molecule has 19 heavy (non-hydrogen) atoms. The van der Waals surface area contributed by atoms with E-state index in [-0.39, 0.29) is 18.9 Å². The summed E-state index contributed by atoms with van der Waals surface area (Å²) in [6, 6.07) is 5.02. The molecule has 1 aromatic carbocycles. The van der Waals surface area contributed by atoms with Crippen LogP contribution in [0.3, 0.4) is 0 Å². The molecule has 1 aliphatic rings. The second-order valence-corrected chi connectivity index (χ2v) is 4.25. The molecular weight excluding hydrogens is 244 g/mol. The average Bonchev–Trinajstić information content (AvgIpc) is 2.90. The van der Waals surface area contributed by atoms with E-state index in [4.69, 9.17) is 20.6 Å². The maximum absolute atomic E-state index is 12.0. The van der Waals surface area contributed by atoms with Gasteiger partial charge in [0.2, 0.25) is 6.79 Å².